The van der Waals surface area contributed by atoms with E-state index in [0.29, 0.717) is 17.4 Å². The van der Waals surface area contributed by atoms with E-state index in [4.69, 9.17) is 55.9 Å². The Morgan fingerprint density at radius 2 is 2.26 bits per heavy atom. The zero-order chi connectivity index (χ0) is 16.9. The van der Waals surface area contributed by atoms with E-state index < -0.39 is 16.1 Å². The van der Waals surface area contributed by atoms with Crippen LogP contribution in [0.4, 0.5) is 10.6 Å². The van der Waals surface area contributed by atoms with Gasteiger partial charge in [0, 0.05) is 12.7 Å². The lowest BCUT2D eigenvalue weighted by Gasteiger charge is -2.22. The maximum atomic E-state index is 11.9. The van der Waals surface area contributed by atoms with Gasteiger partial charge in [0.15, 0.2) is 0 Å². The van der Waals surface area contributed by atoms with Gasteiger partial charge in [0.2, 0.25) is 9.96 Å². The van der Waals surface area contributed by atoms with Gasteiger partial charge in [-0.15, -0.1) is 0 Å². The fourth-order valence-electron chi connectivity index (χ4n) is 1.95. The van der Waals surface area contributed by atoms with Crippen molar-refractivity contribution >= 4 is 58.3 Å². The van der Waals surface area contributed by atoms with Crippen LogP contribution in [0.1, 0.15) is 12.8 Å². The van der Waals surface area contributed by atoms with Crippen molar-refractivity contribution in [3.05, 3.63) is 23.4 Å². The van der Waals surface area contributed by atoms with Gasteiger partial charge in [-0.1, -0.05) is 46.4 Å². The largest absolute Gasteiger partial charge is 0.447 e. The number of rotatable bonds is 5. The summed E-state index contributed by atoms with van der Waals surface area (Å²) in [6, 6.07) is 3.29. The summed E-state index contributed by atoms with van der Waals surface area (Å²) in [6.45, 7) is 0.839. The number of halogens is 4. The number of alkyl carbamates (subject to hydrolysis) is 1. The average Bonchev–Trinajstić information content (AvgIpc) is 2.99. The molecule has 0 aliphatic carbocycles. The predicted molar refractivity (Wildman–Crippen MR) is 89.2 cm³/mol. The van der Waals surface area contributed by atoms with Gasteiger partial charge >= 0.3 is 6.09 Å². The molecule has 0 radical (unpaired) electrons. The van der Waals surface area contributed by atoms with E-state index in [2.05, 4.69) is 15.6 Å². The van der Waals surface area contributed by atoms with Crippen LogP contribution in [-0.4, -0.2) is 35.4 Å². The van der Waals surface area contributed by atoms with E-state index in [9.17, 15) is 4.79 Å². The number of hydrogen-bond acceptors (Lipinski definition) is 4. The van der Waals surface area contributed by atoms with Crippen molar-refractivity contribution in [3.8, 4) is 0 Å². The Bertz CT molecular complexity index is 518. The Labute approximate surface area is 153 Å². The van der Waals surface area contributed by atoms with E-state index in [1.54, 1.807) is 18.3 Å². The van der Waals surface area contributed by atoms with E-state index in [-0.39, 0.29) is 12.7 Å². The molecular weight excluding hydrogens is 388 g/mol. The van der Waals surface area contributed by atoms with Crippen LogP contribution in [0, 0.1) is 0 Å². The first-order valence-electron chi connectivity index (χ1n) is 6.90. The van der Waals surface area contributed by atoms with Gasteiger partial charge in [-0.05, 0) is 18.9 Å². The Morgan fingerprint density at radius 3 is 2.83 bits per heavy atom. The molecule has 1 saturated heterocycles. The van der Waals surface area contributed by atoms with Gasteiger partial charge in [-0.25, -0.2) is 15.1 Å². The predicted octanol–water partition coefficient (Wildman–Crippen LogP) is 3.17. The third kappa shape index (κ3) is 6.39. The number of nitrogens with one attached hydrogen (secondary N) is 3. The van der Waals surface area contributed by atoms with Crippen molar-refractivity contribution in [3.63, 3.8) is 0 Å². The molecule has 0 spiro atoms. The van der Waals surface area contributed by atoms with Gasteiger partial charge in [-0.3, -0.25) is 5.32 Å². The van der Waals surface area contributed by atoms with Crippen LogP contribution in [0.2, 0.25) is 5.02 Å². The molecule has 1 aromatic rings. The standard InChI is InChI=1S/C13H15Cl4N3O3/c14-8-3-4-10(18-6-8)19-11(13(15,16)17)20-12(21)23-7-9-2-1-5-22-9/h3-4,6,9,11H,1-2,5,7H2,(H,18,19)(H,20,21)/p+1/t9-,11-/m0/s1. The molecule has 1 amide bonds. The van der Waals surface area contributed by atoms with Gasteiger partial charge in [0.1, 0.15) is 12.8 Å². The summed E-state index contributed by atoms with van der Waals surface area (Å²) in [4.78, 5) is 14.7. The highest BCUT2D eigenvalue weighted by atomic mass is 35.6. The maximum absolute atomic E-state index is 11.9. The van der Waals surface area contributed by atoms with Crippen LogP contribution >= 0.6 is 46.4 Å². The smallest absolute Gasteiger partial charge is 0.410 e. The van der Waals surface area contributed by atoms with Crippen LogP contribution in [0.25, 0.3) is 0 Å². The molecule has 0 saturated carbocycles. The average molecular weight is 404 g/mol. The lowest BCUT2D eigenvalue weighted by molar-refractivity contribution is -0.361. The van der Waals surface area contributed by atoms with Crippen molar-refractivity contribution in [1.82, 2.24) is 5.32 Å². The molecule has 2 atom stereocenters. The normalized spacial score (nSPS) is 19.2. The molecule has 2 heterocycles. The van der Waals surface area contributed by atoms with Crippen molar-refractivity contribution < 1.29 is 19.3 Å². The summed E-state index contributed by atoms with van der Waals surface area (Å²) in [7, 11) is 0. The lowest BCUT2D eigenvalue weighted by atomic mass is 10.2. The number of aromatic amines is 1. The van der Waals surface area contributed by atoms with E-state index >= 15 is 0 Å². The highest BCUT2D eigenvalue weighted by Crippen LogP contribution is 2.30. The first kappa shape index (κ1) is 18.7. The number of ether oxygens (including phenoxy) is 2. The van der Waals surface area contributed by atoms with Crippen LogP contribution < -0.4 is 15.6 Å². The van der Waals surface area contributed by atoms with Gasteiger partial charge < -0.3 is 9.47 Å². The maximum Gasteiger partial charge on any atom is 0.410 e. The van der Waals surface area contributed by atoms with Gasteiger partial charge in [0.05, 0.1) is 11.1 Å². The second-order valence-electron chi connectivity index (χ2n) is 4.92. The molecule has 1 aliphatic rings. The number of hydrogen-bond donors (Lipinski definition) is 2. The van der Waals surface area contributed by atoms with Crippen LogP contribution in [0.3, 0.4) is 0 Å². The van der Waals surface area contributed by atoms with E-state index in [1.807, 2.05) is 0 Å². The Morgan fingerprint density at radius 1 is 1.48 bits per heavy atom. The third-order valence-corrected chi connectivity index (χ3v) is 3.98. The highest BCUT2D eigenvalue weighted by molar-refractivity contribution is 6.68. The molecular formula is C13H16Cl4N3O3+. The van der Waals surface area contributed by atoms with Crippen molar-refractivity contribution in [2.45, 2.75) is 28.9 Å². The van der Waals surface area contributed by atoms with Crippen molar-refractivity contribution in [2.24, 2.45) is 0 Å². The monoisotopic (exact) mass is 402 g/mol. The number of H-pyrrole nitrogens is 1. The first-order valence-corrected chi connectivity index (χ1v) is 8.41. The molecule has 23 heavy (non-hydrogen) atoms. The third-order valence-electron chi connectivity index (χ3n) is 3.09. The van der Waals surface area contributed by atoms with Gasteiger partial charge in [-0.2, -0.15) is 0 Å². The molecule has 128 valence electrons. The molecule has 1 aliphatic heterocycles. The fraction of sp³-hybridized carbons (Fsp3) is 0.538. The summed E-state index contributed by atoms with van der Waals surface area (Å²) in [5.41, 5.74) is 0. The molecule has 0 unspecified atom stereocenters. The van der Waals surface area contributed by atoms with Gasteiger partial charge in [0.25, 0.3) is 5.82 Å². The number of alkyl halides is 3. The van der Waals surface area contributed by atoms with Crippen molar-refractivity contribution in [1.29, 1.82) is 0 Å². The number of carbonyl (C=O) groups is 1. The molecule has 3 N–H and O–H groups in total. The molecule has 1 fully saturated rings. The quantitative estimate of drug-likeness (QED) is 0.584. The van der Waals surface area contributed by atoms with Crippen molar-refractivity contribution in [2.75, 3.05) is 18.5 Å². The summed E-state index contributed by atoms with van der Waals surface area (Å²) in [6.07, 6.45) is 1.57. The minimum atomic E-state index is -1.80. The highest BCUT2D eigenvalue weighted by Gasteiger charge is 2.38. The minimum Gasteiger partial charge on any atom is -0.447 e. The topological polar surface area (TPSA) is 73.7 Å². The summed E-state index contributed by atoms with van der Waals surface area (Å²) in [5.74, 6) is 0.505. The molecule has 0 aromatic carbocycles. The SMILES string of the molecule is O=C(N[C@H](Nc1ccc(Cl)c[nH+]1)C(Cl)(Cl)Cl)OC[C@@H]1CCCO1. The van der Waals surface area contributed by atoms with Crippen LogP contribution in [0.5, 0.6) is 0 Å². The molecule has 0 bridgehead atoms. The number of pyridine rings is 1. The first-order chi connectivity index (χ1) is 10.8. The number of aromatic nitrogens is 1. The number of amides is 1. The molecule has 6 nitrogen and oxygen atoms in total. The number of carbonyl (C=O) groups excluding carboxylic acids is 1. The Kier molecular flexibility index (Phi) is 6.85. The second-order valence-corrected chi connectivity index (χ2v) is 7.72. The second kappa shape index (κ2) is 8.44. The van der Waals surface area contributed by atoms with Crippen LogP contribution in [-0.2, 0) is 9.47 Å². The van der Waals surface area contributed by atoms with E-state index in [0.717, 1.165) is 12.8 Å². The Balaban J connectivity index is 1.89. The summed E-state index contributed by atoms with van der Waals surface area (Å²) >= 11 is 23.4. The summed E-state index contributed by atoms with van der Waals surface area (Å²) < 4.78 is 8.66. The molecule has 10 heteroatoms. The molecule has 1 aromatic heterocycles. The zero-order valence-electron chi connectivity index (χ0n) is 12.0. The fourth-order valence-corrected chi connectivity index (χ4v) is 2.40. The van der Waals surface area contributed by atoms with Crippen LogP contribution in [0.15, 0.2) is 18.3 Å². The summed E-state index contributed by atoms with van der Waals surface area (Å²) in [5, 5.41) is 5.84. The molecule has 2 rings (SSSR count). The van der Waals surface area contributed by atoms with E-state index in [1.165, 1.54) is 0 Å². The zero-order valence-corrected chi connectivity index (χ0v) is 15.0. The Hall–Kier alpha value is -0.660. The lowest BCUT2D eigenvalue weighted by Crippen LogP contribution is -2.50. The minimum absolute atomic E-state index is 0.0791. The number of anilines is 1.